The molecule has 0 atom stereocenters. The fraction of sp³-hybridized carbons (Fsp3) is 0.200. The number of aromatic nitrogens is 1. The third-order valence-electron chi connectivity index (χ3n) is 4.11. The molecule has 2 heterocycles. The molecule has 2 amide bonds. The Morgan fingerprint density at radius 2 is 1.65 bits per heavy atom. The molecule has 2 aromatic heterocycles. The van der Waals surface area contributed by atoms with Gasteiger partial charge in [-0.1, -0.05) is 0 Å². The first kappa shape index (κ1) is 17.5. The fourth-order valence-electron chi connectivity index (χ4n) is 2.76. The highest BCUT2D eigenvalue weighted by atomic mass is 16.3. The highest BCUT2D eigenvalue weighted by molar-refractivity contribution is 5.96. The van der Waals surface area contributed by atoms with Crippen LogP contribution in [-0.4, -0.2) is 22.9 Å². The van der Waals surface area contributed by atoms with Crippen LogP contribution in [0, 0.1) is 13.8 Å². The lowest BCUT2D eigenvalue weighted by Crippen LogP contribution is -2.36. The van der Waals surface area contributed by atoms with Gasteiger partial charge in [0.2, 0.25) is 5.91 Å². The summed E-state index contributed by atoms with van der Waals surface area (Å²) >= 11 is 0. The van der Waals surface area contributed by atoms with Crippen molar-refractivity contribution >= 4 is 11.8 Å². The smallest absolute Gasteiger partial charge is 0.251 e. The van der Waals surface area contributed by atoms with Crippen molar-refractivity contribution in [2.24, 2.45) is 0 Å². The normalized spacial score (nSPS) is 10.5. The van der Waals surface area contributed by atoms with E-state index in [-0.39, 0.29) is 18.4 Å². The Bertz CT molecular complexity index is 874. The standard InChI is InChI=1S/C20H21N3O3/c1-14-5-6-15(2)23(14)17-9-7-16(8-10-17)20(25)22-13-19(24)21-12-18-4-3-11-26-18/h3-11H,12-13H2,1-2H3,(H,21,24)(H,22,25). The molecular weight excluding hydrogens is 330 g/mol. The van der Waals surface area contributed by atoms with E-state index in [1.807, 2.05) is 26.0 Å². The molecule has 3 rings (SSSR count). The average Bonchev–Trinajstić information content (AvgIpc) is 3.28. The van der Waals surface area contributed by atoms with Gasteiger partial charge in [0.25, 0.3) is 5.91 Å². The lowest BCUT2D eigenvalue weighted by molar-refractivity contribution is -0.120. The van der Waals surface area contributed by atoms with Crippen molar-refractivity contribution < 1.29 is 14.0 Å². The molecule has 0 saturated heterocycles. The van der Waals surface area contributed by atoms with E-state index >= 15 is 0 Å². The zero-order chi connectivity index (χ0) is 18.5. The van der Waals surface area contributed by atoms with Crippen LogP contribution in [0.5, 0.6) is 0 Å². The van der Waals surface area contributed by atoms with Crippen molar-refractivity contribution in [3.05, 3.63) is 77.5 Å². The second-order valence-electron chi connectivity index (χ2n) is 6.04. The summed E-state index contributed by atoms with van der Waals surface area (Å²) in [6, 6.07) is 14.9. The molecule has 0 aliphatic rings. The summed E-state index contributed by atoms with van der Waals surface area (Å²) in [7, 11) is 0. The highest BCUT2D eigenvalue weighted by Gasteiger charge is 2.10. The zero-order valence-electron chi connectivity index (χ0n) is 14.8. The summed E-state index contributed by atoms with van der Waals surface area (Å²) < 4.78 is 7.25. The minimum absolute atomic E-state index is 0.0862. The first-order valence-corrected chi connectivity index (χ1v) is 8.37. The van der Waals surface area contributed by atoms with Gasteiger partial charge in [0, 0.05) is 22.6 Å². The van der Waals surface area contributed by atoms with E-state index in [1.165, 1.54) is 0 Å². The number of furan rings is 1. The maximum Gasteiger partial charge on any atom is 0.251 e. The maximum atomic E-state index is 12.2. The van der Waals surface area contributed by atoms with E-state index in [1.54, 1.807) is 30.5 Å². The van der Waals surface area contributed by atoms with E-state index in [0.29, 0.717) is 17.9 Å². The van der Waals surface area contributed by atoms with Crippen molar-refractivity contribution in [1.82, 2.24) is 15.2 Å². The van der Waals surface area contributed by atoms with Gasteiger partial charge in [-0.05, 0) is 62.4 Å². The topological polar surface area (TPSA) is 76.3 Å². The van der Waals surface area contributed by atoms with Crippen molar-refractivity contribution in [2.75, 3.05) is 6.54 Å². The van der Waals surface area contributed by atoms with Gasteiger partial charge in [0.05, 0.1) is 19.4 Å². The SMILES string of the molecule is Cc1ccc(C)n1-c1ccc(C(=O)NCC(=O)NCc2ccco2)cc1. The molecule has 0 aliphatic carbocycles. The Morgan fingerprint density at radius 3 is 2.27 bits per heavy atom. The largest absolute Gasteiger partial charge is 0.467 e. The first-order valence-electron chi connectivity index (χ1n) is 8.37. The van der Waals surface area contributed by atoms with Crippen LogP contribution in [0.15, 0.2) is 59.2 Å². The number of aryl methyl sites for hydroxylation is 2. The van der Waals surface area contributed by atoms with Crippen molar-refractivity contribution in [3.63, 3.8) is 0 Å². The van der Waals surface area contributed by atoms with Gasteiger partial charge < -0.3 is 19.6 Å². The molecule has 0 aliphatic heterocycles. The van der Waals surface area contributed by atoms with Gasteiger partial charge in [-0.2, -0.15) is 0 Å². The van der Waals surface area contributed by atoms with Gasteiger partial charge in [-0.3, -0.25) is 9.59 Å². The van der Waals surface area contributed by atoms with Crippen LogP contribution in [0.25, 0.3) is 5.69 Å². The number of nitrogens with one attached hydrogen (secondary N) is 2. The minimum atomic E-state index is -0.286. The number of nitrogens with zero attached hydrogens (tertiary/aromatic N) is 1. The Kier molecular flexibility index (Phi) is 5.22. The molecule has 0 bridgehead atoms. The van der Waals surface area contributed by atoms with E-state index in [0.717, 1.165) is 17.1 Å². The summed E-state index contributed by atoms with van der Waals surface area (Å²) in [5, 5.41) is 5.30. The minimum Gasteiger partial charge on any atom is -0.467 e. The molecule has 2 N–H and O–H groups in total. The second-order valence-corrected chi connectivity index (χ2v) is 6.04. The van der Waals surface area contributed by atoms with Gasteiger partial charge >= 0.3 is 0 Å². The van der Waals surface area contributed by atoms with Crippen LogP contribution in [0.2, 0.25) is 0 Å². The lowest BCUT2D eigenvalue weighted by Gasteiger charge is -2.10. The van der Waals surface area contributed by atoms with Crippen LogP contribution < -0.4 is 10.6 Å². The number of rotatable bonds is 6. The van der Waals surface area contributed by atoms with Gasteiger partial charge in [0.1, 0.15) is 5.76 Å². The molecule has 26 heavy (non-hydrogen) atoms. The number of carbonyl (C=O) groups is 2. The van der Waals surface area contributed by atoms with Crippen molar-refractivity contribution in [2.45, 2.75) is 20.4 Å². The third-order valence-corrected chi connectivity index (χ3v) is 4.11. The number of carbonyl (C=O) groups excluding carboxylic acids is 2. The average molecular weight is 351 g/mol. The molecule has 1 aromatic carbocycles. The summed E-state index contributed by atoms with van der Waals surface area (Å²) in [4.78, 5) is 24.0. The third kappa shape index (κ3) is 4.03. The second kappa shape index (κ2) is 7.74. The lowest BCUT2D eigenvalue weighted by atomic mass is 10.2. The van der Waals surface area contributed by atoms with E-state index < -0.39 is 0 Å². The Labute approximate surface area is 151 Å². The van der Waals surface area contributed by atoms with Crippen LogP contribution >= 0.6 is 0 Å². The predicted molar refractivity (Wildman–Crippen MR) is 98.1 cm³/mol. The Hall–Kier alpha value is -3.28. The van der Waals surface area contributed by atoms with Gasteiger partial charge in [-0.25, -0.2) is 0 Å². The zero-order valence-corrected chi connectivity index (χ0v) is 14.8. The summed E-state index contributed by atoms with van der Waals surface area (Å²) in [6.07, 6.45) is 1.55. The molecule has 0 unspecified atom stereocenters. The Morgan fingerprint density at radius 1 is 0.962 bits per heavy atom. The van der Waals surface area contributed by atoms with Crippen LogP contribution in [0.3, 0.4) is 0 Å². The van der Waals surface area contributed by atoms with Crippen molar-refractivity contribution in [3.8, 4) is 5.69 Å². The first-order chi connectivity index (χ1) is 12.5. The van der Waals surface area contributed by atoms with E-state index in [2.05, 4.69) is 27.3 Å². The molecule has 0 fully saturated rings. The molecule has 6 heteroatoms. The Balaban J connectivity index is 1.54. The summed E-state index contributed by atoms with van der Waals surface area (Å²) in [6.45, 7) is 4.28. The maximum absolute atomic E-state index is 12.2. The quantitative estimate of drug-likeness (QED) is 0.717. The van der Waals surface area contributed by atoms with E-state index in [9.17, 15) is 9.59 Å². The molecule has 0 spiro atoms. The molecular formula is C20H21N3O3. The number of hydrogen-bond donors (Lipinski definition) is 2. The highest BCUT2D eigenvalue weighted by Crippen LogP contribution is 2.16. The van der Waals surface area contributed by atoms with E-state index in [4.69, 9.17) is 4.42 Å². The van der Waals surface area contributed by atoms with Crippen LogP contribution in [-0.2, 0) is 11.3 Å². The molecule has 0 radical (unpaired) electrons. The molecule has 3 aromatic rings. The summed E-state index contributed by atoms with van der Waals surface area (Å²) in [5.74, 6) is 0.103. The number of amides is 2. The molecule has 134 valence electrons. The van der Waals surface area contributed by atoms with Gasteiger partial charge in [-0.15, -0.1) is 0 Å². The number of hydrogen-bond acceptors (Lipinski definition) is 3. The molecule has 0 saturated carbocycles. The summed E-state index contributed by atoms with van der Waals surface area (Å²) in [5.41, 5.74) is 3.77. The fourth-order valence-corrected chi connectivity index (χ4v) is 2.76. The van der Waals surface area contributed by atoms with Crippen molar-refractivity contribution in [1.29, 1.82) is 0 Å². The predicted octanol–water partition coefficient (Wildman–Crippen LogP) is 2.73. The van der Waals surface area contributed by atoms with Gasteiger partial charge in [0.15, 0.2) is 0 Å². The van der Waals surface area contributed by atoms with Crippen LogP contribution in [0.1, 0.15) is 27.5 Å². The molecule has 6 nitrogen and oxygen atoms in total. The number of benzene rings is 1. The van der Waals surface area contributed by atoms with Crippen LogP contribution in [0.4, 0.5) is 0 Å². The monoisotopic (exact) mass is 351 g/mol.